The van der Waals surface area contributed by atoms with E-state index in [1.54, 1.807) is 18.3 Å². The second kappa shape index (κ2) is 7.23. The molecule has 7 heteroatoms. The summed E-state index contributed by atoms with van der Waals surface area (Å²) in [5.74, 6) is -1.03. The first-order valence-electron chi connectivity index (χ1n) is 5.17. The SMILES string of the molecule is COc1cc(CNC(=O)COCC(=O)O)ccn1. The van der Waals surface area contributed by atoms with Crippen molar-refractivity contribution in [2.45, 2.75) is 6.54 Å². The molecule has 0 atom stereocenters. The molecule has 98 valence electrons. The lowest BCUT2D eigenvalue weighted by molar-refractivity contribution is -0.143. The lowest BCUT2D eigenvalue weighted by Crippen LogP contribution is -2.28. The van der Waals surface area contributed by atoms with Crippen LogP contribution in [0, 0.1) is 0 Å². The van der Waals surface area contributed by atoms with Gasteiger partial charge in [-0.05, 0) is 11.6 Å². The standard InChI is InChI=1S/C11H14N2O5/c1-17-10-4-8(2-3-12-10)5-13-9(14)6-18-7-11(15)16/h2-4H,5-7H2,1H3,(H,13,14)(H,15,16). The number of methoxy groups -OCH3 is 1. The number of hydrogen-bond acceptors (Lipinski definition) is 5. The van der Waals surface area contributed by atoms with Gasteiger partial charge in [-0.25, -0.2) is 9.78 Å². The van der Waals surface area contributed by atoms with E-state index in [0.717, 1.165) is 5.56 Å². The van der Waals surface area contributed by atoms with E-state index in [1.165, 1.54) is 7.11 Å². The van der Waals surface area contributed by atoms with Gasteiger partial charge in [0.2, 0.25) is 11.8 Å². The number of carbonyl (C=O) groups is 2. The van der Waals surface area contributed by atoms with Gasteiger partial charge in [0, 0.05) is 18.8 Å². The number of ether oxygens (including phenoxy) is 2. The van der Waals surface area contributed by atoms with Crippen LogP contribution in [0.4, 0.5) is 0 Å². The zero-order valence-corrected chi connectivity index (χ0v) is 9.88. The molecule has 1 aromatic heterocycles. The van der Waals surface area contributed by atoms with Crippen LogP contribution in [0.1, 0.15) is 5.56 Å². The minimum Gasteiger partial charge on any atom is -0.481 e. The monoisotopic (exact) mass is 254 g/mol. The van der Waals surface area contributed by atoms with Crippen LogP contribution in [-0.2, 0) is 20.9 Å². The van der Waals surface area contributed by atoms with Crippen LogP contribution in [0.2, 0.25) is 0 Å². The zero-order valence-electron chi connectivity index (χ0n) is 9.88. The van der Waals surface area contributed by atoms with Gasteiger partial charge in [0.15, 0.2) is 0 Å². The molecule has 0 unspecified atom stereocenters. The van der Waals surface area contributed by atoms with Crippen molar-refractivity contribution in [1.29, 1.82) is 0 Å². The molecule has 1 aromatic rings. The number of hydrogen-bond donors (Lipinski definition) is 2. The summed E-state index contributed by atoms with van der Waals surface area (Å²) in [5, 5.41) is 10.9. The number of aliphatic carboxylic acids is 1. The fraction of sp³-hybridized carbons (Fsp3) is 0.364. The van der Waals surface area contributed by atoms with Crippen LogP contribution in [0.3, 0.4) is 0 Å². The Morgan fingerprint density at radius 2 is 2.22 bits per heavy atom. The van der Waals surface area contributed by atoms with Gasteiger partial charge in [-0.1, -0.05) is 0 Å². The van der Waals surface area contributed by atoms with Gasteiger partial charge in [-0.3, -0.25) is 4.79 Å². The third-order valence-corrected chi connectivity index (χ3v) is 1.96. The largest absolute Gasteiger partial charge is 0.481 e. The lowest BCUT2D eigenvalue weighted by atomic mass is 10.2. The molecule has 1 rings (SSSR count). The van der Waals surface area contributed by atoms with Crippen LogP contribution >= 0.6 is 0 Å². The van der Waals surface area contributed by atoms with E-state index < -0.39 is 12.6 Å². The maximum absolute atomic E-state index is 11.3. The Morgan fingerprint density at radius 3 is 2.89 bits per heavy atom. The van der Waals surface area contributed by atoms with Gasteiger partial charge < -0.3 is 19.9 Å². The highest BCUT2D eigenvalue weighted by Crippen LogP contribution is 2.07. The maximum atomic E-state index is 11.3. The average Bonchev–Trinajstić information content (AvgIpc) is 2.36. The van der Waals surface area contributed by atoms with Crippen LogP contribution in [-0.4, -0.2) is 42.3 Å². The normalized spacial score (nSPS) is 9.83. The third kappa shape index (κ3) is 5.26. The molecule has 0 aliphatic carbocycles. The highest BCUT2D eigenvalue weighted by molar-refractivity contribution is 5.77. The van der Waals surface area contributed by atoms with E-state index in [1.807, 2.05) is 0 Å². The molecule has 0 aliphatic heterocycles. The van der Waals surface area contributed by atoms with E-state index >= 15 is 0 Å². The molecule has 7 nitrogen and oxygen atoms in total. The molecule has 0 aliphatic rings. The first-order chi connectivity index (χ1) is 8.61. The van der Waals surface area contributed by atoms with Gasteiger partial charge in [0.1, 0.15) is 13.2 Å². The summed E-state index contributed by atoms with van der Waals surface area (Å²) < 4.78 is 9.58. The molecule has 18 heavy (non-hydrogen) atoms. The summed E-state index contributed by atoms with van der Waals surface area (Å²) in [7, 11) is 1.50. The Morgan fingerprint density at radius 1 is 1.44 bits per heavy atom. The number of nitrogens with zero attached hydrogens (tertiary/aromatic N) is 1. The highest BCUT2D eigenvalue weighted by Gasteiger charge is 2.04. The van der Waals surface area contributed by atoms with Crippen molar-refractivity contribution in [2.24, 2.45) is 0 Å². The smallest absolute Gasteiger partial charge is 0.329 e. The van der Waals surface area contributed by atoms with Crippen LogP contribution in [0.25, 0.3) is 0 Å². The predicted molar refractivity (Wildman–Crippen MR) is 61.1 cm³/mol. The Bertz CT molecular complexity index is 422. The summed E-state index contributed by atoms with van der Waals surface area (Å²) in [4.78, 5) is 25.4. The summed E-state index contributed by atoms with van der Waals surface area (Å²) >= 11 is 0. The van der Waals surface area contributed by atoms with Crippen molar-refractivity contribution < 1.29 is 24.2 Å². The fourth-order valence-corrected chi connectivity index (χ4v) is 1.15. The number of rotatable bonds is 7. The van der Waals surface area contributed by atoms with Crippen molar-refractivity contribution >= 4 is 11.9 Å². The number of carboxylic acids is 1. The topological polar surface area (TPSA) is 97.8 Å². The maximum Gasteiger partial charge on any atom is 0.329 e. The van der Waals surface area contributed by atoms with Gasteiger partial charge in [0.05, 0.1) is 7.11 Å². The number of carboxylic acid groups (broad SMARTS) is 1. The predicted octanol–water partition coefficient (Wildman–Crippen LogP) is -0.192. The van der Waals surface area contributed by atoms with Gasteiger partial charge >= 0.3 is 5.97 Å². The van der Waals surface area contributed by atoms with Crippen molar-refractivity contribution in [2.75, 3.05) is 20.3 Å². The molecular weight excluding hydrogens is 240 g/mol. The number of nitrogens with one attached hydrogen (secondary N) is 1. The first kappa shape index (κ1) is 13.9. The lowest BCUT2D eigenvalue weighted by Gasteiger charge is -2.06. The number of aromatic nitrogens is 1. The highest BCUT2D eigenvalue weighted by atomic mass is 16.5. The molecule has 0 saturated heterocycles. The van der Waals surface area contributed by atoms with E-state index in [-0.39, 0.29) is 12.5 Å². The van der Waals surface area contributed by atoms with Crippen molar-refractivity contribution in [3.05, 3.63) is 23.9 Å². The molecule has 1 heterocycles. The summed E-state index contributed by atoms with van der Waals surface area (Å²) in [5.41, 5.74) is 0.827. The van der Waals surface area contributed by atoms with E-state index in [9.17, 15) is 9.59 Å². The van der Waals surface area contributed by atoms with Gasteiger partial charge in [-0.15, -0.1) is 0 Å². The fourth-order valence-electron chi connectivity index (χ4n) is 1.15. The van der Waals surface area contributed by atoms with E-state index in [0.29, 0.717) is 12.4 Å². The second-order valence-corrected chi connectivity index (χ2v) is 3.37. The average molecular weight is 254 g/mol. The van der Waals surface area contributed by atoms with Crippen LogP contribution in [0.15, 0.2) is 18.3 Å². The second-order valence-electron chi connectivity index (χ2n) is 3.37. The number of carbonyl (C=O) groups excluding carboxylic acids is 1. The third-order valence-electron chi connectivity index (χ3n) is 1.96. The minimum absolute atomic E-state index is 0.283. The molecule has 2 N–H and O–H groups in total. The van der Waals surface area contributed by atoms with Gasteiger partial charge in [0.25, 0.3) is 0 Å². The Balaban J connectivity index is 2.31. The quantitative estimate of drug-likeness (QED) is 0.699. The molecule has 0 spiro atoms. The first-order valence-corrected chi connectivity index (χ1v) is 5.17. The minimum atomic E-state index is -1.11. The van der Waals surface area contributed by atoms with E-state index in [2.05, 4.69) is 15.0 Å². The molecule has 1 amide bonds. The van der Waals surface area contributed by atoms with Gasteiger partial charge in [-0.2, -0.15) is 0 Å². The Kier molecular flexibility index (Phi) is 5.59. The molecule has 0 aromatic carbocycles. The Labute approximate surface area is 104 Å². The summed E-state index contributed by atoms with van der Waals surface area (Å²) in [6.45, 7) is -0.473. The zero-order chi connectivity index (χ0) is 13.4. The van der Waals surface area contributed by atoms with Crippen molar-refractivity contribution in [3.63, 3.8) is 0 Å². The molecular formula is C11H14N2O5. The number of pyridine rings is 1. The van der Waals surface area contributed by atoms with Crippen LogP contribution in [0.5, 0.6) is 5.88 Å². The molecule has 0 saturated carbocycles. The van der Waals surface area contributed by atoms with Crippen molar-refractivity contribution in [1.82, 2.24) is 10.3 Å². The molecule has 0 fully saturated rings. The summed E-state index contributed by atoms with van der Waals surface area (Å²) in [6, 6.07) is 3.43. The Hall–Kier alpha value is -2.15. The van der Waals surface area contributed by atoms with Crippen molar-refractivity contribution in [3.8, 4) is 5.88 Å². The molecule has 0 bridgehead atoms. The number of amides is 1. The van der Waals surface area contributed by atoms with E-state index in [4.69, 9.17) is 9.84 Å². The molecule has 0 radical (unpaired) electrons. The van der Waals surface area contributed by atoms with Crippen LogP contribution < -0.4 is 10.1 Å². The summed E-state index contributed by atoms with van der Waals surface area (Å²) in [6.07, 6.45) is 1.57.